The van der Waals surface area contributed by atoms with E-state index in [0.29, 0.717) is 6.42 Å². The fourth-order valence-electron chi connectivity index (χ4n) is 1.86. The minimum absolute atomic E-state index is 0.258. The fraction of sp³-hybridized carbons (Fsp3) is 0.357. The maximum Gasteiger partial charge on any atom is 0.123 e. The van der Waals surface area contributed by atoms with Crippen molar-refractivity contribution in [3.05, 3.63) is 52.2 Å². The minimum atomic E-state index is -0.525. The van der Waals surface area contributed by atoms with Gasteiger partial charge in [0.25, 0.3) is 0 Å². The Kier molecular flexibility index (Phi) is 3.78. The molecule has 1 atom stereocenters. The highest BCUT2D eigenvalue weighted by Gasteiger charge is 2.30. The quantitative estimate of drug-likeness (QED) is 0.921. The zero-order chi connectivity index (χ0) is 13.2. The molecule has 0 fully saturated rings. The molecule has 0 aliphatic rings. The van der Waals surface area contributed by atoms with E-state index in [2.05, 4.69) is 4.98 Å². The van der Waals surface area contributed by atoms with Crippen LogP contribution in [-0.2, 0) is 11.8 Å². The van der Waals surface area contributed by atoms with E-state index in [4.69, 9.17) is 0 Å². The lowest BCUT2D eigenvalue weighted by Gasteiger charge is -2.31. The topological polar surface area (TPSA) is 33.1 Å². The van der Waals surface area contributed by atoms with Crippen molar-refractivity contribution in [2.75, 3.05) is 0 Å². The summed E-state index contributed by atoms with van der Waals surface area (Å²) < 4.78 is 12.9. The second kappa shape index (κ2) is 5.16. The van der Waals surface area contributed by atoms with Crippen molar-refractivity contribution in [2.45, 2.75) is 31.8 Å². The van der Waals surface area contributed by atoms with Gasteiger partial charge in [-0.1, -0.05) is 26.0 Å². The molecule has 96 valence electrons. The van der Waals surface area contributed by atoms with E-state index in [1.165, 1.54) is 23.5 Å². The van der Waals surface area contributed by atoms with Gasteiger partial charge in [-0.2, -0.15) is 0 Å². The van der Waals surface area contributed by atoms with Gasteiger partial charge in [0, 0.05) is 22.9 Å². The van der Waals surface area contributed by atoms with Gasteiger partial charge in [-0.25, -0.2) is 4.39 Å². The predicted octanol–water partition coefficient (Wildman–Crippen LogP) is 3.16. The molecule has 2 rings (SSSR count). The van der Waals surface area contributed by atoms with Gasteiger partial charge >= 0.3 is 0 Å². The lowest BCUT2D eigenvalue weighted by atomic mass is 9.78. The molecule has 2 aromatic rings. The van der Waals surface area contributed by atoms with Crippen LogP contribution in [0.25, 0.3) is 0 Å². The van der Waals surface area contributed by atoms with E-state index in [0.717, 1.165) is 10.4 Å². The largest absolute Gasteiger partial charge is 0.392 e. The van der Waals surface area contributed by atoms with Crippen LogP contribution in [0.4, 0.5) is 4.39 Å². The molecule has 0 aliphatic heterocycles. The average molecular weight is 265 g/mol. The molecule has 0 aliphatic carbocycles. The molecular weight excluding hydrogens is 249 g/mol. The molecule has 1 heterocycles. The molecule has 2 nitrogen and oxygen atoms in total. The third-order valence-electron chi connectivity index (χ3n) is 3.30. The Bertz CT molecular complexity index is 493. The number of nitrogens with zero attached hydrogens (tertiary/aromatic N) is 1. The van der Waals surface area contributed by atoms with Gasteiger partial charge in [-0.15, -0.1) is 11.3 Å². The Morgan fingerprint density at radius 1 is 1.33 bits per heavy atom. The highest BCUT2D eigenvalue weighted by atomic mass is 32.1. The Morgan fingerprint density at radius 3 is 2.56 bits per heavy atom. The molecular formula is C14H16FNOS. The van der Waals surface area contributed by atoms with Gasteiger partial charge in [-0.3, -0.25) is 4.98 Å². The normalized spacial score (nSPS) is 13.6. The number of hydrogen-bond donors (Lipinski definition) is 1. The Labute approximate surface area is 110 Å². The van der Waals surface area contributed by atoms with Crippen molar-refractivity contribution in [1.29, 1.82) is 0 Å². The van der Waals surface area contributed by atoms with Crippen molar-refractivity contribution in [3.63, 3.8) is 0 Å². The average Bonchev–Trinajstić information content (AvgIpc) is 2.82. The van der Waals surface area contributed by atoms with Crippen LogP contribution in [0.5, 0.6) is 0 Å². The molecule has 0 saturated heterocycles. The van der Waals surface area contributed by atoms with Gasteiger partial charge in [-0.05, 0) is 17.7 Å². The molecule has 0 spiro atoms. The monoisotopic (exact) mass is 265 g/mol. The lowest BCUT2D eigenvalue weighted by Crippen LogP contribution is -2.35. The Morgan fingerprint density at radius 2 is 2.00 bits per heavy atom. The second-order valence-corrected chi connectivity index (χ2v) is 5.89. The minimum Gasteiger partial charge on any atom is -0.392 e. The van der Waals surface area contributed by atoms with Crippen LogP contribution >= 0.6 is 11.3 Å². The first-order valence-corrected chi connectivity index (χ1v) is 6.69. The van der Waals surface area contributed by atoms with Crippen molar-refractivity contribution in [1.82, 2.24) is 4.98 Å². The molecule has 4 heteroatoms. The summed E-state index contributed by atoms with van der Waals surface area (Å²) >= 11 is 1.53. The molecule has 0 saturated carbocycles. The first kappa shape index (κ1) is 13.2. The summed E-state index contributed by atoms with van der Waals surface area (Å²) in [4.78, 5) is 5.05. The predicted molar refractivity (Wildman–Crippen MR) is 71.3 cm³/mol. The number of aliphatic hydroxyl groups is 1. The molecule has 18 heavy (non-hydrogen) atoms. The number of aliphatic hydroxyl groups excluding tert-OH is 1. The number of rotatable bonds is 4. The van der Waals surface area contributed by atoms with Crippen LogP contribution in [0.1, 0.15) is 24.3 Å². The Hall–Kier alpha value is -1.26. The molecule has 1 aromatic heterocycles. The van der Waals surface area contributed by atoms with Crippen LogP contribution < -0.4 is 0 Å². The second-order valence-electron chi connectivity index (χ2n) is 4.92. The number of aromatic nitrogens is 1. The SMILES string of the molecule is CC(C)(c1ccc(F)cc1)C(O)Cc1cncs1. The van der Waals surface area contributed by atoms with Crippen molar-refractivity contribution in [2.24, 2.45) is 0 Å². The van der Waals surface area contributed by atoms with Crippen molar-refractivity contribution < 1.29 is 9.50 Å². The van der Waals surface area contributed by atoms with Crippen molar-refractivity contribution in [3.8, 4) is 0 Å². The van der Waals surface area contributed by atoms with Crippen molar-refractivity contribution >= 4 is 11.3 Å². The maximum atomic E-state index is 12.9. The van der Waals surface area contributed by atoms with E-state index in [9.17, 15) is 9.50 Å². The first-order valence-electron chi connectivity index (χ1n) is 5.81. The zero-order valence-corrected chi connectivity index (χ0v) is 11.2. The standard InChI is InChI=1S/C14H16FNOS/c1-14(2,10-3-5-11(15)6-4-10)13(17)7-12-8-16-9-18-12/h3-6,8-9,13,17H,7H2,1-2H3. The van der Waals surface area contributed by atoms with Gasteiger partial charge in [0.1, 0.15) is 5.82 Å². The highest BCUT2D eigenvalue weighted by Crippen LogP contribution is 2.29. The number of hydrogen-bond acceptors (Lipinski definition) is 3. The summed E-state index contributed by atoms with van der Waals surface area (Å²) in [5.74, 6) is -0.258. The van der Waals surface area contributed by atoms with Crippen LogP contribution in [0.2, 0.25) is 0 Å². The van der Waals surface area contributed by atoms with E-state index in [1.807, 2.05) is 13.8 Å². The van der Waals surface area contributed by atoms with Crippen LogP contribution in [0.15, 0.2) is 36.0 Å². The summed E-state index contributed by atoms with van der Waals surface area (Å²) in [7, 11) is 0. The molecule has 0 amide bonds. The smallest absolute Gasteiger partial charge is 0.123 e. The molecule has 0 radical (unpaired) electrons. The zero-order valence-electron chi connectivity index (χ0n) is 10.4. The van der Waals surface area contributed by atoms with Gasteiger partial charge in [0.2, 0.25) is 0 Å². The molecule has 1 unspecified atom stereocenters. The van der Waals surface area contributed by atoms with E-state index in [1.54, 1.807) is 23.8 Å². The number of halogens is 1. The third kappa shape index (κ3) is 2.76. The fourth-order valence-corrected chi connectivity index (χ4v) is 2.49. The number of benzene rings is 1. The van der Waals surface area contributed by atoms with Gasteiger partial charge in [0.05, 0.1) is 11.6 Å². The molecule has 1 aromatic carbocycles. The summed E-state index contributed by atoms with van der Waals surface area (Å²) in [6.07, 6.45) is 1.81. The summed E-state index contributed by atoms with van der Waals surface area (Å²) in [6.45, 7) is 3.93. The first-order chi connectivity index (χ1) is 8.50. The molecule has 0 bridgehead atoms. The third-order valence-corrected chi connectivity index (χ3v) is 4.10. The summed E-state index contributed by atoms with van der Waals surface area (Å²) in [5.41, 5.74) is 2.27. The number of thiazole rings is 1. The maximum absolute atomic E-state index is 12.9. The van der Waals surface area contributed by atoms with E-state index in [-0.39, 0.29) is 5.82 Å². The summed E-state index contributed by atoms with van der Waals surface area (Å²) in [5, 5.41) is 10.4. The van der Waals surface area contributed by atoms with Crippen LogP contribution in [0.3, 0.4) is 0 Å². The van der Waals surface area contributed by atoms with E-state index >= 15 is 0 Å². The van der Waals surface area contributed by atoms with Gasteiger partial charge in [0.15, 0.2) is 0 Å². The Balaban J connectivity index is 2.16. The molecule has 1 N–H and O–H groups in total. The van der Waals surface area contributed by atoms with Gasteiger partial charge < -0.3 is 5.11 Å². The summed E-state index contributed by atoms with van der Waals surface area (Å²) in [6, 6.07) is 6.31. The van der Waals surface area contributed by atoms with Crippen LogP contribution in [0, 0.1) is 5.82 Å². The van der Waals surface area contributed by atoms with E-state index < -0.39 is 11.5 Å². The van der Waals surface area contributed by atoms with Crippen LogP contribution in [-0.4, -0.2) is 16.2 Å². The lowest BCUT2D eigenvalue weighted by molar-refractivity contribution is 0.101. The highest BCUT2D eigenvalue weighted by molar-refractivity contribution is 7.09.